The van der Waals surface area contributed by atoms with Crippen LogP contribution in [0.3, 0.4) is 0 Å². The number of rotatable bonds is 2. The van der Waals surface area contributed by atoms with Gasteiger partial charge < -0.3 is 4.74 Å². The van der Waals surface area contributed by atoms with Crippen LogP contribution >= 0.6 is 0 Å². The van der Waals surface area contributed by atoms with Gasteiger partial charge in [0.15, 0.2) is 0 Å². The smallest absolute Gasteiger partial charge is 0.308 e. The fourth-order valence-electron chi connectivity index (χ4n) is 1.81. The van der Waals surface area contributed by atoms with Gasteiger partial charge in [-0.15, -0.1) is 0 Å². The topological polar surface area (TPSA) is 26.3 Å². The quantitative estimate of drug-likeness (QED) is 0.706. The van der Waals surface area contributed by atoms with E-state index in [1.807, 2.05) is 31.2 Å². The van der Waals surface area contributed by atoms with Crippen LogP contribution in [0.4, 0.5) is 0 Å². The molecule has 0 saturated carbocycles. The number of carbonyl (C=O) groups excluding carboxylic acids is 1. The van der Waals surface area contributed by atoms with E-state index in [1.165, 1.54) is 18.1 Å². The highest BCUT2D eigenvalue weighted by Gasteiger charge is 2.16. The third kappa shape index (κ3) is 2.22. The highest BCUT2D eigenvalue weighted by Crippen LogP contribution is 2.32. The molecule has 1 aliphatic carbocycles. The second-order valence-corrected chi connectivity index (χ2v) is 3.95. The van der Waals surface area contributed by atoms with Gasteiger partial charge in [0.1, 0.15) is 5.76 Å². The molecular formula is C14H14O2. The lowest BCUT2D eigenvalue weighted by Crippen LogP contribution is -1.96. The van der Waals surface area contributed by atoms with E-state index >= 15 is 0 Å². The lowest BCUT2D eigenvalue weighted by molar-refractivity contribution is -0.136. The van der Waals surface area contributed by atoms with Crippen molar-refractivity contribution in [1.29, 1.82) is 0 Å². The van der Waals surface area contributed by atoms with E-state index in [9.17, 15) is 4.79 Å². The van der Waals surface area contributed by atoms with E-state index in [4.69, 9.17) is 4.74 Å². The Balaban J connectivity index is 2.21. The Kier molecular flexibility index (Phi) is 2.91. The molecule has 0 N–H and O–H groups in total. The van der Waals surface area contributed by atoms with Crippen LogP contribution < -0.4 is 0 Å². The summed E-state index contributed by atoms with van der Waals surface area (Å²) in [4.78, 5) is 10.9. The maximum atomic E-state index is 10.9. The first-order valence-corrected chi connectivity index (χ1v) is 5.31. The second-order valence-electron chi connectivity index (χ2n) is 3.95. The lowest BCUT2D eigenvalue weighted by atomic mass is 10.0. The van der Waals surface area contributed by atoms with Crippen LogP contribution in [-0.4, -0.2) is 5.97 Å². The molecule has 1 aromatic carbocycles. The third-order valence-corrected chi connectivity index (χ3v) is 2.58. The van der Waals surface area contributed by atoms with Crippen LogP contribution in [0, 0.1) is 0 Å². The van der Waals surface area contributed by atoms with Crippen LogP contribution in [0.1, 0.15) is 25.8 Å². The predicted octanol–water partition coefficient (Wildman–Crippen LogP) is 3.31. The Morgan fingerprint density at radius 2 is 1.94 bits per heavy atom. The molecule has 0 bridgehead atoms. The minimum atomic E-state index is -0.264. The first kappa shape index (κ1) is 10.7. The Morgan fingerprint density at radius 1 is 1.25 bits per heavy atom. The molecule has 16 heavy (non-hydrogen) atoms. The number of hydrogen-bond donors (Lipinski definition) is 0. The highest BCUT2D eigenvalue weighted by atomic mass is 16.5. The van der Waals surface area contributed by atoms with Crippen molar-refractivity contribution in [1.82, 2.24) is 0 Å². The average molecular weight is 214 g/mol. The van der Waals surface area contributed by atoms with Crippen LogP contribution in [0.15, 0.2) is 47.7 Å². The SMILES string of the molecule is CC(=O)OC1=C(C)CC(c2ccccc2)=C1. The van der Waals surface area contributed by atoms with Gasteiger partial charge in [-0.05, 0) is 36.1 Å². The summed E-state index contributed by atoms with van der Waals surface area (Å²) in [5.74, 6) is 0.436. The summed E-state index contributed by atoms with van der Waals surface area (Å²) >= 11 is 0. The molecule has 0 atom stereocenters. The molecule has 0 aliphatic heterocycles. The highest BCUT2D eigenvalue weighted by molar-refractivity contribution is 5.76. The van der Waals surface area contributed by atoms with E-state index in [1.54, 1.807) is 0 Å². The molecule has 0 spiro atoms. The Morgan fingerprint density at radius 3 is 2.56 bits per heavy atom. The van der Waals surface area contributed by atoms with Crippen molar-refractivity contribution in [3.05, 3.63) is 53.3 Å². The van der Waals surface area contributed by atoms with E-state index in [0.717, 1.165) is 12.0 Å². The van der Waals surface area contributed by atoms with Gasteiger partial charge in [-0.3, -0.25) is 4.79 Å². The monoisotopic (exact) mass is 214 g/mol. The zero-order chi connectivity index (χ0) is 11.5. The van der Waals surface area contributed by atoms with Crippen LogP contribution in [-0.2, 0) is 9.53 Å². The van der Waals surface area contributed by atoms with E-state index in [-0.39, 0.29) is 5.97 Å². The van der Waals surface area contributed by atoms with Crippen LogP contribution in [0.25, 0.3) is 5.57 Å². The summed E-state index contributed by atoms with van der Waals surface area (Å²) in [6, 6.07) is 10.1. The largest absolute Gasteiger partial charge is 0.427 e. The fraction of sp³-hybridized carbons (Fsp3) is 0.214. The molecule has 0 fully saturated rings. The Hall–Kier alpha value is -1.83. The number of benzene rings is 1. The standard InChI is InChI=1S/C14H14O2/c1-10-8-13(9-14(10)16-11(2)15)12-6-4-3-5-7-12/h3-7,9H,8H2,1-2H3. The van der Waals surface area contributed by atoms with Gasteiger partial charge in [-0.25, -0.2) is 0 Å². The molecule has 82 valence electrons. The van der Waals surface area contributed by atoms with Gasteiger partial charge >= 0.3 is 5.97 Å². The minimum Gasteiger partial charge on any atom is -0.427 e. The minimum absolute atomic E-state index is 0.264. The van der Waals surface area contributed by atoms with E-state index in [0.29, 0.717) is 5.76 Å². The van der Waals surface area contributed by atoms with Crippen LogP contribution in [0.5, 0.6) is 0 Å². The summed E-state index contributed by atoms with van der Waals surface area (Å²) in [6.07, 6.45) is 2.80. The molecule has 0 heterocycles. The van der Waals surface area contributed by atoms with Crippen molar-refractivity contribution in [2.45, 2.75) is 20.3 Å². The summed E-state index contributed by atoms with van der Waals surface area (Å²) < 4.78 is 5.14. The van der Waals surface area contributed by atoms with Crippen molar-refractivity contribution < 1.29 is 9.53 Å². The molecule has 1 aromatic rings. The number of ether oxygens (including phenoxy) is 1. The number of esters is 1. The average Bonchev–Trinajstić information content (AvgIpc) is 2.61. The Labute approximate surface area is 95.2 Å². The van der Waals surface area contributed by atoms with Crippen molar-refractivity contribution in [3.63, 3.8) is 0 Å². The summed E-state index contributed by atoms with van der Waals surface area (Å²) in [6.45, 7) is 3.42. The fourth-order valence-corrected chi connectivity index (χ4v) is 1.81. The molecular weight excluding hydrogens is 200 g/mol. The van der Waals surface area contributed by atoms with E-state index in [2.05, 4.69) is 12.1 Å². The first-order chi connectivity index (χ1) is 7.66. The lowest BCUT2D eigenvalue weighted by Gasteiger charge is -2.00. The second kappa shape index (κ2) is 4.35. The van der Waals surface area contributed by atoms with Gasteiger partial charge in [-0.2, -0.15) is 0 Å². The molecule has 0 radical (unpaired) electrons. The Bertz CT molecular complexity index is 467. The number of allylic oxidation sites excluding steroid dienone is 3. The van der Waals surface area contributed by atoms with Gasteiger partial charge in [-0.1, -0.05) is 30.3 Å². The normalized spacial score (nSPS) is 15.0. The van der Waals surface area contributed by atoms with Gasteiger partial charge in [0, 0.05) is 6.92 Å². The van der Waals surface area contributed by atoms with Crippen molar-refractivity contribution in [2.24, 2.45) is 0 Å². The summed E-state index contributed by atoms with van der Waals surface area (Å²) in [5, 5.41) is 0. The maximum absolute atomic E-state index is 10.9. The number of carbonyl (C=O) groups is 1. The van der Waals surface area contributed by atoms with Gasteiger partial charge in [0.25, 0.3) is 0 Å². The molecule has 2 rings (SSSR count). The molecule has 0 amide bonds. The molecule has 2 heteroatoms. The summed E-state index contributed by atoms with van der Waals surface area (Å²) in [7, 11) is 0. The molecule has 0 aromatic heterocycles. The summed E-state index contributed by atoms with van der Waals surface area (Å²) in [5.41, 5.74) is 3.49. The van der Waals surface area contributed by atoms with Crippen molar-refractivity contribution >= 4 is 11.5 Å². The van der Waals surface area contributed by atoms with Crippen LogP contribution in [0.2, 0.25) is 0 Å². The zero-order valence-electron chi connectivity index (χ0n) is 9.49. The zero-order valence-corrected chi connectivity index (χ0v) is 9.49. The van der Waals surface area contributed by atoms with Gasteiger partial charge in [0.2, 0.25) is 0 Å². The van der Waals surface area contributed by atoms with E-state index < -0.39 is 0 Å². The molecule has 0 saturated heterocycles. The molecule has 1 aliphatic rings. The third-order valence-electron chi connectivity index (χ3n) is 2.58. The predicted molar refractivity (Wildman–Crippen MR) is 63.5 cm³/mol. The van der Waals surface area contributed by atoms with Gasteiger partial charge in [0.05, 0.1) is 0 Å². The molecule has 0 unspecified atom stereocenters. The first-order valence-electron chi connectivity index (χ1n) is 5.31. The van der Waals surface area contributed by atoms with Crippen molar-refractivity contribution in [2.75, 3.05) is 0 Å². The van der Waals surface area contributed by atoms with Crippen molar-refractivity contribution in [3.8, 4) is 0 Å². The number of hydrogen-bond acceptors (Lipinski definition) is 2. The molecule has 2 nitrogen and oxygen atoms in total. The maximum Gasteiger partial charge on any atom is 0.308 e.